The molecule has 2 aromatic rings. The molecular weight excluding hydrogens is 236 g/mol. The van der Waals surface area contributed by atoms with Crippen LogP contribution in [-0.2, 0) is 13.0 Å². The molecule has 0 aliphatic heterocycles. The van der Waals surface area contributed by atoms with Gasteiger partial charge in [-0.2, -0.15) is 0 Å². The van der Waals surface area contributed by atoms with Crippen LogP contribution in [0, 0.1) is 0 Å². The highest BCUT2D eigenvalue weighted by Gasteiger charge is 2.10. The third kappa shape index (κ3) is 3.89. The van der Waals surface area contributed by atoms with Crippen molar-refractivity contribution in [2.75, 3.05) is 0 Å². The molecule has 0 saturated heterocycles. The normalized spacial score (nSPS) is 11.8. The van der Waals surface area contributed by atoms with E-state index in [-0.39, 0.29) is 5.54 Å². The van der Waals surface area contributed by atoms with Crippen LogP contribution in [0.15, 0.2) is 30.5 Å². The fourth-order valence-corrected chi connectivity index (χ4v) is 1.78. The first kappa shape index (κ1) is 13.7. The van der Waals surface area contributed by atoms with E-state index in [0.29, 0.717) is 0 Å². The molecule has 0 aliphatic carbocycles. The van der Waals surface area contributed by atoms with Gasteiger partial charge in [-0.15, -0.1) is 5.10 Å². The number of benzene rings is 1. The van der Waals surface area contributed by atoms with Crippen LogP contribution in [-0.4, -0.2) is 20.5 Å². The van der Waals surface area contributed by atoms with E-state index in [0.717, 1.165) is 24.3 Å². The lowest BCUT2D eigenvalue weighted by molar-refractivity contribution is 0.421. The molecule has 0 atom stereocenters. The molecule has 0 saturated carbocycles. The largest absolute Gasteiger partial charge is 0.306 e. The quantitative estimate of drug-likeness (QED) is 0.917. The van der Waals surface area contributed by atoms with Gasteiger partial charge >= 0.3 is 0 Å². The fourth-order valence-electron chi connectivity index (χ4n) is 1.78. The molecule has 102 valence electrons. The van der Waals surface area contributed by atoms with Crippen molar-refractivity contribution in [1.29, 1.82) is 0 Å². The Labute approximate surface area is 114 Å². The van der Waals surface area contributed by atoms with E-state index in [1.165, 1.54) is 5.56 Å². The Kier molecular flexibility index (Phi) is 4.00. The maximum Gasteiger partial charge on any atom is 0.0969 e. The summed E-state index contributed by atoms with van der Waals surface area (Å²) >= 11 is 0. The average molecular weight is 258 g/mol. The number of nitrogens with one attached hydrogen (secondary N) is 1. The topological polar surface area (TPSA) is 42.7 Å². The number of hydrogen-bond acceptors (Lipinski definition) is 3. The molecule has 1 aromatic heterocycles. The van der Waals surface area contributed by atoms with Crippen molar-refractivity contribution in [2.24, 2.45) is 0 Å². The van der Waals surface area contributed by atoms with Gasteiger partial charge in [0.1, 0.15) is 0 Å². The maximum absolute atomic E-state index is 4.20. The third-order valence-corrected chi connectivity index (χ3v) is 2.92. The van der Waals surface area contributed by atoms with E-state index in [1.807, 2.05) is 10.9 Å². The lowest BCUT2D eigenvalue weighted by Gasteiger charge is -2.19. The summed E-state index contributed by atoms with van der Waals surface area (Å²) in [7, 11) is 0. The van der Waals surface area contributed by atoms with Gasteiger partial charge < -0.3 is 5.32 Å². The highest BCUT2D eigenvalue weighted by Crippen LogP contribution is 2.11. The summed E-state index contributed by atoms with van der Waals surface area (Å²) < 4.78 is 1.83. The zero-order chi connectivity index (χ0) is 13.9. The lowest BCUT2D eigenvalue weighted by atomic mass is 10.1. The molecule has 0 bridgehead atoms. The smallest absolute Gasteiger partial charge is 0.0969 e. The van der Waals surface area contributed by atoms with Crippen LogP contribution in [0.3, 0.4) is 0 Å². The zero-order valence-electron chi connectivity index (χ0n) is 12.1. The molecule has 0 radical (unpaired) electrons. The van der Waals surface area contributed by atoms with Gasteiger partial charge in [0, 0.05) is 12.1 Å². The molecule has 0 fully saturated rings. The van der Waals surface area contributed by atoms with Gasteiger partial charge in [-0.25, -0.2) is 4.68 Å². The summed E-state index contributed by atoms with van der Waals surface area (Å²) in [5, 5.41) is 11.8. The van der Waals surface area contributed by atoms with Crippen LogP contribution in [0.25, 0.3) is 5.69 Å². The molecule has 1 heterocycles. The molecule has 1 aromatic carbocycles. The molecule has 0 unspecified atom stereocenters. The summed E-state index contributed by atoms with van der Waals surface area (Å²) in [5.41, 5.74) is 3.42. The Morgan fingerprint density at radius 2 is 2.05 bits per heavy atom. The maximum atomic E-state index is 4.20. The summed E-state index contributed by atoms with van der Waals surface area (Å²) in [6, 6.07) is 8.38. The first-order valence-electron chi connectivity index (χ1n) is 6.73. The van der Waals surface area contributed by atoms with E-state index in [2.05, 4.69) is 67.6 Å². The van der Waals surface area contributed by atoms with Crippen LogP contribution >= 0.6 is 0 Å². The van der Waals surface area contributed by atoms with Gasteiger partial charge in [-0.1, -0.05) is 24.3 Å². The molecule has 0 amide bonds. The number of hydrogen-bond donors (Lipinski definition) is 1. The van der Waals surface area contributed by atoms with Crippen LogP contribution in [0.5, 0.6) is 0 Å². The summed E-state index contributed by atoms with van der Waals surface area (Å²) in [4.78, 5) is 0. The monoisotopic (exact) mass is 258 g/mol. The first-order chi connectivity index (χ1) is 8.98. The Hall–Kier alpha value is -1.68. The van der Waals surface area contributed by atoms with Crippen molar-refractivity contribution in [2.45, 2.75) is 46.2 Å². The minimum absolute atomic E-state index is 0.0892. The standard InChI is InChI=1S/C15H22N4/c1-5-12-7-6-8-14(9-12)19-11-13(17-18-19)10-16-15(2,3)4/h6-9,11,16H,5,10H2,1-4H3. The van der Waals surface area contributed by atoms with E-state index in [4.69, 9.17) is 0 Å². The van der Waals surface area contributed by atoms with E-state index in [9.17, 15) is 0 Å². The Morgan fingerprint density at radius 3 is 2.74 bits per heavy atom. The van der Waals surface area contributed by atoms with Crippen LogP contribution in [0.1, 0.15) is 39.0 Å². The molecule has 1 N–H and O–H groups in total. The predicted octanol–water partition coefficient (Wildman–Crippen LogP) is 2.72. The average Bonchev–Trinajstić information content (AvgIpc) is 2.84. The van der Waals surface area contributed by atoms with Crippen molar-refractivity contribution in [3.8, 4) is 5.69 Å². The van der Waals surface area contributed by atoms with E-state index in [1.54, 1.807) is 0 Å². The molecule has 0 spiro atoms. The zero-order valence-corrected chi connectivity index (χ0v) is 12.1. The molecule has 2 rings (SSSR count). The summed E-state index contributed by atoms with van der Waals surface area (Å²) in [6.45, 7) is 9.31. The number of aryl methyl sites for hydroxylation is 1. The minimum atomic E-state index is 0.0892. The van der Waals surface area contributed by atoms with Gasteiger partial charge in [0.2, 0.25) is 0 Å². The minimum Gasteiger partial charge on any atom is -0.306 e. The molecule has 4 nitrogen and oxygen atoms in total. The van der Waals surface area contributed by atoms with Gasteiger partial charge in [-0.05, 0) is 44.9 Å². The lowest BCUT2D eigenvalue weighted by Crippen LogP contribution is -2.35. The number of rotatable bonds is 4. The van der Waals surface area contributed by atoms with Crippen molar-refractivity contribution < 1.29 is 0 Å². The first-order valence-corrected chi connectivity index (χ1v) is 6.73. The van der Waals surface area contributed by atoms with Crippen molar-refractivity contribution >= 4 is 0 Å². The van der Waals surface area contributed by atoms with Crippen LogP contribution in [0.2, 0.25) is 0 Å². The van der Waals surface area contributed by atoms with Gasteiger partial charge in [0.05, 0.1) is 17.6 Å². The van der Waals surface area contributed by atoms with Gasteiger partial charge in [0.25, 0.3) is 0 Å². The highest BCUT2D eigenvalue weighted by molar-refractivity contribution is 5.35. The van der Waals surface area contributed by atoms with Crippen molar-refractivity contribution in [1.82, 2.24) is 20.3 Å². The second-order valence-electron chi connectivity index (χ2n) is 5.78. The van der Waals surface area contributed by atoms with Crippen molar-refractivity contribution in [3.63, 3.8) is 0 Å². The second kappa shape index (κ2) is 5.53. The van der Waals surface area contributed by atoms with E-state index >= 15 is 0 Å². The predicted molar refractivity (Wildman–Crippen MR) is 77.3 cm³/mol. The van der Waals surface area contributed by atoms with Gasteiger partial charge in [0.15, 0.2) is 0 Å². The third-order valence-electron chi connectivity index (χ3n) is 2.92. The van der Waals surface area contributed by atoms with E-state index < -0.39 is 0 Å². The van der Waals surface area contributed by atoms with Crippen molar-refractivity contribution in [3.05, 3.63) is 41.7 Å². The second-order valence-corrected chi connectivity index (χ2v) is 5.78. The van der Waals surface area contributed by atoms with Crippen LogP contribution < -0.4 is 5.32 Å². The summed E-state index contributed by atoms with van der Waals surface area (Å²) in [6.07, 6.45) is 3.01. The Balaban J connectivity index is 2.12. The Morgan fingerprint density at radius 1 is 1.26 bits per heavy atom. The molecule has 19 heavy (non-hydrogen) atoms. The molecule has 0 aliphatic rings. The Bertz CT molecular complexity index is 537. The molecular formula is C15H22N4. The molecule has 4 heteroatoms. The summed E-state index contributed by atoms with van der Waals surface area (Å²) in [5.74, 6) is 0. The fraction of sp³-hybridized carbons (Fsp3) is 0.467. The van der Waals surface area contributed by atoms with Gasteiger partial charge in [-0.3, -0.25) is 0 Å². The SMILES string of the molecule is CCc1cccc(-n2cc(CNC(C)(C)C)nn2)c1. The number of nitrogens with zero attached hydrogens (tertiary/aromatic N) is 3. The number of aromatic nitrogens is 3. The van der Waals surface area contributed by atoms with Crippen LogP contribution in [0.4, 0.5) is 0 Å². The highest BCUT2D eigenvalue weighted by atomic mass is 15.4.